The van der Waals surface area contributed by atoms with Crippen molar-refractivity contribution in [2.45, 2.75) is 6.32 Å². The van der Waals surface area contributed by atoms with Crippen LogP contribution in [0, 0.1) is 4.91 Å². The van der Waals surface area contributed by atoms with Crippen molar-refractivity contribution in [3.63, 3.8) is 0 Å². The maximum Gasteiger partial charge on any atom is 0.298 e. The summed E-state index contributed by atoms with van der Waals surface area (Å²) in [4.78, 5) is 14.2. The molecule has 1 aromatic rings. The van der Waals surface area contributed by atoms with Gasteiger partial charge in [0.2, 0.25) is 5.82 Å². The van der Waals surface area contributed by atoms with Crippen molar-refractivity contribution in [1.82, 2.24) is 9.55 Å². The van der Waals surface area contributed by atoms with Crippen molar-refractivity contribution in [3.8, 4) is 6.01 Å². The minimum absolute atomic E-state index is 0.219. The number of hydrogen-bond acceptors (Lipinski definition) is 4. The van der Waals surface area contributed by atoms with Gasteiger partial charge < -0.3 is 4.74 Å². The van der Waals surface area contributed by atoms with Gasteiger partial charge in [-0.05, 0) is 11.5 Å². The Morgan fingerprint density at radius 2 is 2.42 bits per heavy atom. The van der Waals surface area contributed by atoms with Crippen LogP contribution in [-0.2, 0) is 13.4 Å². The van der Waals surface area contributed by atoms with Crippen LogP contribution in [0.3, 0.4) is 0 Å². The molecule has 0 N–H and O–H groups in total. The molecule has 0 radical (unpaired) electrons. The van der Waals surface area contributed by atoms with Gasteiger partial charge >= 0.3 is 0 Å². The zero-order valence-electron chi connectivity index (χ0n) is 7.37. The molecule has 1 heterocycles. The average molecular weight is 167 g/mol. The normalized spacial score (nSPS) is 9.83. The molecular formula is C6H10BN3O2. The Balaban J connectivity index is 3.22. The molecule has 6 heteroatoms. The molecule has 64 valence electrons. The highest BCUT2D eigenvalue weighted by molar-refractivity contribution is 6.08. The molecule has 5 nitrogen and oxygen atoms in total. The van der Waals surface area contributed by atoms with Crippen LogP contribution in [0.5, 0.6) is 6.01 Å². The topological polar surface area (TPSA) is 56.5 Å². The Bertz CT molecular complexity index is 297. The molecule has 12 heavy (non-hydrogen) atoms. The summed E-state index contributed by atoms with van der Waals surface area (Å²) in [5.41, 5.74) is 0.793. The van der Waals surface area contributed by atoms with Crippen molar-refractivity contribution >= 4 is 13.7 Å². The molecule has 0 saturated heterocycles. The predicted octanol–water partition coefficient (Wildman–Crippen LogP) is -0.0403. The molecule has 0 spiro atoms. The van der Waals surface area contributed by atoms with Crippen molar-refractivity contribution in [1.29, 1.82) is 0 Å². The van der Waals surface area contributed by atoms with E-state index in [1.54, 1.807) is 11.6 Å². The summed E-state index contributed by atoms with van der Waals surface area (Å²) in [7, 11) is 5.24. The van der Waals surface area contributed by atoms with Crippen molar-refractivity contribution < 1.29 is 4.74 Å². The number of hydrogen-bond donors (Lipinski definition) is 0. The minimum Gasteiger partial charge on any atom is -0.468 e. The lowest BCUT2D eigenvalue weighted by molar-refractivity contribution is 0.365. The summed E-state index contributed by atoms with van der Waals surface area (Å²) in [6.45, 7) is 0. The maximum atomic E-state index is 10.3. The quantitative estimate of drug-likeness (QED) is 0.468. The first-order valence-electron chi connectivity index (χ1n) is 3.67. The zero-order valence-corrected chi connectivity index (χ0v) is 7.37. The van der Waals surface area contributed by atoms with Crippen LogP contribution in [0.1, 0.15) is 5.69 Å². The SMILES string of the molecule is BCc1c(N=O)nc(OC)n1C. The second-order valence-corrected chi connectivity index (χ2v) is 2.37. The number of rotatable bonds is 3. The van der Waals surface area contributed by atoms with E-state index >= 15 is 0 Å². The molecule has 0 atom stereocenters. The zero-order chi connectivity index (χ0) is 9.14. The van der Waals surface area contributed by atoms with E-state index in [-0.39, 0.29) is 5.82 Å². The molecule has 0 aliphatic rings. The van der Waals surface area contributed by atoms with Gasteiger partial charge in [-0.15, -0.1) is 4.91 Å². The number of ether oxygens (including phenoxy) is 1. The van der Waals surface area contributed by atoms with Crippen molar-refractivity contribution in [3.05, 3.63) is 10.6 Å². The molecule has 1 rings (SSSR count). The molecule has 0 saturated carbocycles. The fourth-order valence-corrected chi connectivity index (χ4v) is 1.15. The van der Waals surface area contributed by atoms with Gasteiger partial charge in [0.25, 0.3) is 6.01 Å². The molecular weight excluding hydrogens is 157 g/mol. The summed E-state index contributed by atoms with van der Waals surface area (Å²) in [6, 6.07) is 0.418. The largest absolute Gasteiger partial charge is 0.468 e. The summed E-state index contributed by atoms with van der Waals surface area (Å²) in [5.74, 6) is 0.219. The first-order valence-corrected chi connectivity index (χ1v) is 3.67. The third-order valence-corrected chi connectivity index (χ3v) is 1.76. The first-order chi connectivity index (χ1) is 5.74. The van der Waals surface area contributed by atoms with E-state index in [4.69, 9.17) is 4.74 Å². The van der Waals surface area contributed by atoms with Crippen LogP contribution >= 0.6 is 0 Å². The number of methoxy groups -OCH3 is 1. The minimum atomic E-state index is 0.219. The molecule has 0 fully saturated rings. The summed E-state index contributed by atoms with van der Waals surface area (Å²) in [5, 5.41) is 2.81. The second kappa shape index (κ2) is 3.38. The smallest absolute Gasteiger partial charge is 0.298 e. The Labute approximate surface area is 71.1 Å². The van der Waals surface area contributed by atoms with Gasteiger partial charge in [0.05, 0.1) is 12.8 Å². The maximum absolute atomic E-state index is 10.3. The van der Waals surface area contributed by atoms with Gasteiger partial charge in [0, 0.05) is 7.05 Å². The molecule has 0 aliphatic carbocycles. The number of aromatic nitrogens is 2. The fourth-order valence-electron chi connectivity index (χ4n) is 1.15. The molecule has 0 amide bonds. The van der Waals surface area contributed by atoms with Crippen LogP contribution < -0.4 is 4.74 Å². The van der Waals surface area contributed by atoms with Crippen LogP contribution in [-0.4, -0.2) is 24.5 Å². The Morgan fingerprint density at radius 1 is 1.75 bits per heavy atom. The molecule has 0 unspecified atom stereocenters. The number of imidazole rings is 1. The highest BCUT2D eigenvalue weighted by Gasteiger charge is 2.13. The van der Waals surface area contributed by atoms with Gasteiger partial charge in [0.1, 0.15) is 7.85 Å². The van der Waals surface area contributed by atoms with E-state index in [9.17, 15) is 4.91 Å². The average Bonchev–Trinajstić information content (AvgIpc) is 2.41. The van der Waals surface area contributed by atoms with Gasteiger partial charge in [-0.1, -0.05) is 0 Å². The predicted molar refractivity (Wildman–Crippen MR) is 47.5 cm³/mol. The lowest BCUT2D eigenvalue weighted by Gasteiger charge is -2.00. The van der Waals surface area contributed by atoms with E-state index in [1.165, 1.54) is 7.11 Å². The fraction of sp³-hybridized carbons (Fsp3) is 0.500. The number of nitroso groups, excluding NO2 is 1. The third kappa shape index (κ3) is 1.20. The Kier molecular flexibility index (Phi) is 2.47. The number of nitrogens with zero attached hydrogens (tertiary/aromatic N) is 3. The summed E-state index contributed by atoms with van der Waals surface area (Å²) >= 11 is 0. The van der Waals surface area contributed by atoms with E-state index < -0.39 is 0 Å². The molecule has 0 bridgehead atoms. The Morgan fingerprint density at radius 3 is 2.75 bits per heavy atom. The van der Waals surface area contributed by atoms with Gasteiger partial charge in [0.15, 0.2) is 0 Å². The van der Waals surface area contributed by atoms with E-state index in [2.05, 4.69) is 10.2 Å². The van der Waals surface area contributed by atoms with E-state index in [0.717, 1.165) is 5.69 Å². The lowest BCUT2D eigenvalue weighted by atomic mass is 10.0. The van der Waals surface area contributed by atoms with Gasteiger partial charge in [-0.25, -0.2) is 0 Å². The third-order valence-electron chi connectivity index (χ3n) is 1.76. The van der Waals surface area contributed by atoms with Crippen LogP contribution in [0.2, 0.25) is 0 Å². The molecule has 0 aliphatic heterocycles. The van der Waals surface area contributed by atoms with Gasteiger partial charge in [-0.3, -0.25) is 4.57 Å². The van der Waals surface area contributed by atoms with Crippen molar-refractivity contribution in [2.75, 3.05) is 7.11 Å². The highest BCUT2D eigenvalue weighted by Crippen LogP contribution is 2.22. The molecule has 1 aromatic heterocycles. The van der Waals surface area contributed by atoms with Crippen LogP contribution in [0.25, 0.3) is 0 Å². The van der Waals surface area contributed by atoms with Crippen LogP contribution in [0.15, 0.2) is 5.18 Å². The lowest BCUT2D eigenvalue weighted by Crippen LogP contribution is -1.99. The van der Waals surface area contributed by atoms with Crippen LogP contribution in [0.4, 0.5) is 5.82 Å². The highest BCUT2D eigenvalue weighted by atomic mass is 16.5. The van der Waals surface area contributed by atoms with E-state index in [0.29, 0.717) is 12.3 Å². The summed E-state index contributed by atoms with van der Waals surface area (Å²) in [6.07, 6.45) is 0.716. The van der Waals surface area contributed by atoms with E-state index in [1.807, 2.05) is 7.85 Å². The van der Waals surface area contributed by atoms with Gasteiger partial charge in [-0.2, -0.15) is 4.98 Å². The monoisotopic (exact) mass is 167 g/mol. The standard InChI is InChI=1S/C6H10BN3O2/c1-10-4(3-7)5(9-11)8-6(10)12-2/h3,7H2,1-2H3. The Hall–Kier alpha value is -1.33. The summed E-state index contributed by atoms with van der Waals surface area (Å²) < 4.78 is 6.64. The van der Waals surface area contributed by atoms with Crippen molar-refractivity contribution in [2.24, 2.45) is 12.2 Å². The second-order valence-electron chi connectivity index (χ2n) is 2.37. The first kappa shape index (κ1) is 8.77. The molecule has 0 aromatic carbocycles.